The Morgan fingerprint density at radius 2 is 1.00 bits per heavy atom. The molecule has 0 saturated heterocycles. The molecule has 0 N–H and O–H groups in total. The first-order valence-electron chi connectivity index (χ1n) is 8.36. The SMILES string of the molecule is Cc1ccc(-c2cnc(-c3c(C)c(C)c(C)c(C)c3C)nc2)cc1. The van der Waals surface area contributed by atoms with Crippen LogP contribution < -0.4 is 0 Å². The summed E-state index contributed by atoms with van der Waals surface area (Å²) in [6.07, 6.45) is 3.85. The standard InChI is InChI=1S/C22H24N2/c1-13-7-9-19(10-8-13)20-11-23-22(24-12-20)21-17(5)15(3)14(2)16(4)18(21)6/h7-12H,1-6H3. The molecule has 2 heteroatoms. The van der Waals surface area contributed by atoms with Crippen molar-refractivity contribution in [3.8, 4) is 22.5 Å². The number of rotatable bonds is 2. The third-order valence-corrected chi connectivity index (χ3v) is 5.26. The maximum atomic E-state index is 4.67. The van der Waals surface area contributed by atoms with E-state index in [1.165, 1.54) is 38.9 Å². The van der Waals surface area contributed by atoms with Crippen LogP contribution in [0.4, 0.5) is 0 Å². The molecular formula is C22H24N2. The Balaban J connectivity index is 2.08. The summed E-state index contributed by atoms with van der Waals surface area (Å²) in [7, 11) is 0. The van der Waals surface area contributed by atoms with Gasteiger partial charge in [-0.2, -0.15) is 0 Å². The molecule has 24 heavy (non-hydrogen) atoms. The summed E-state index contributed by atoms with van der Waals surface area (Å²) < 4.78 is 0. The van der Waals surface area contributed by atoms with Crippen molar-refractivity contribution in [1.82, 2.24) is 9.97 Å². The van der Waals surface area contributed by atoms with Gasteiger partial charge in [0.2, 0.25) is 0 Å². The summed E-state index contributed by atoms with van der Waals surface area (Å²) in [4.78, 5) is 9.34. The van der Waals surface area contributed by atoms with Gasteiger partial charge in [-0.05, 0) is 74.9 Å². The highest BCUT2D eigenvalue weighted by Crippen LogP contribution is 2.32. The van der Waals surface area contributed by atoms with Gasteiger partial charge >= 0.3 is 0 Å². The minimum Gasteiger partial charge on any atom is -0.236 e. The highest BCUT2D eigenvalue weighted by molar-refractivity contribution is 5.71. The smallest absolute Gasteiger partial charge is 0.159 e. The fraction of sp³-hybridized carbons (Fsp3) is 0.273. The van der Waals surface area contributed by atoms with Crippen molar-refractivity contribution in [3.63, 3.8) is 0 Å². The van der Waals surface area contributed by atoms with Gasteiger partial charge in [0.05, 0.1) is 0 Å². The molecule has 0 aliphatic heterocycles. The second-order valence-electron chi connectivity index (χ2n) is 6.66. The van der Waals surface area contributed by atoms with Crippen molar-refractivity contribution in [1.29, 1.82) is 0 Å². The van der Waals surface area contributed by atoms with Crippen molar-refractivity contribution in [3.05, 3.63) is 70.0 Å². The van der Waals surface area contributed by atoms with Crippen LogP contribution in [0, 0.1) is 41.5 Å². The number of nitrogens with zero attached hydrogens (tertiary/aromatic N) is 2. The molecule has 0 bridgehead atoms. The van der Waals surface area contributed by atoms with Gasteiger partial charge in [-0.3, -0.25) is 0 Å². The maximum Gasteiger partial charge on any atom is 0.159 e. The first-order valence-corrected chi connectivity index (χ1v) is 8.36. The molecule has 0 radical (unpaired) electrons. The summed E-state index contributed by atoms with van der Waals surface area (Å²) in [6, 6.07) is 8.46. The Hall–Kier alpha value is -2.48. The van der Waals surface area contributed by atoms with E-state index in [2.05, 4.69) is 75.8 Å². The molecule has 2 nitrogen and oxygen atoms in total. The lowest BCUT2D eigenvalue weighted by Crippen LogP contribution is -2.02. The summed E-state index contributed by atoms with van der Waals surface area (Å²) in [6.45, 7) is 13.0. The Labute approximate surface area is 144 Å². The van der Waals surface area contributed by atoms with Crippen molar-refractivity contribution < 1.29 is 0 Å². The van der Waals surface area contributed by atoms with Crippen LogP contribution in [0.25, 0.3) is 22.5 Å². The monoisotopic (exact) mass is 316 g/mol. The van der Waals surface area contributed by atoms with E-state index in [9.17, 15) is 0 Å². The number of aromatic nitrogens is 2. The van der Waals surface area contributed by atoms with E-state index in [4.69, 9.17) is 0 Å². The van der Waals surface area contributed by atoms with E-state index in [1.54, 1.807) is 0 Å². The number of aryl methyl sites for hydroxylation is 1. The predicted molar refractivity (Wildman–Crippen MR) is 101 cm³/mol. The van der Waals surface area contributed by atoms with Crippen molar-refractivity contribution in [2.24, 2.45) is 0 Å². The van der Waals surface area contributed by atoms with Crippen LogP contribution in [-0.2, 0) is 0 Å². The Morgan fingerprint density at radius 1 is 0.542 bits per heavy atom. The highest BCUT2D eigenvalue weighted by atomic mass is 14.9. The predicted octanol–water partition coefficient (Wildman–Crippen LogP) is 5.66. The Kier molecular flexibility index (Phi) is 4.23. The molecule has 0 fully saturated rings. The minimum absolute atomic E-state index is 0.812. The van der Waals surface area contributed by atoms with Crippen molar-refractivity contribution >= 4 is 0 Å². The van der Waals surface area contributed by atoms with E-state index < -0.39 is 0 Å². The molecule has 0 atom stereocenters. The van der Waals surface area contributed by atoms with E-state index >= 15 is 0 Å². The van der Waals surface area contributed by atoms with E-state index in [-0.39, 0.29) is 0 Å². The number of hydrogen-bond donors (Lipinski definition) is 0. The van der Waals surface area contributed by atoms with Crippen molar-refractivity contribution in [2.45, 2.75) is 41.5 Å². The maximum absolute atomic E-state index is 4.67. The van der Waals surface area contributed by atoms with Crippen LogP contribution in [0.1, 0.15) is 33.4 Å². The molecule has 0 unspecified atom stereocenters. The third kappa shape index (κ3) is 2.73. The molecule has 0 amide bonds. The zero-order chi connectivity index (χ0) is 17.4. The van der Waals surface area contributed by atoms with Gasteiger partial charge < -0.3 is 0 Å². The lowest BCUT2D eigenvalue weighted by molar-refractivity contribution is 1.12. The Morgan fingerprint density at radius 3 is 1.50 bits per heavy atom. The van der Waals surface area contributed by atoms with Gasteiger partial charge in [-0.15, -0.1) is 0 Å². The van der Waals surface area contributed by atoms with Crippen LogP contribution in [0.15, 0.2) is 36.7 Å². The zero-order valence-electron chi connectivity index (χ0n) is 15.4. The minimum atomic E-state index is 0.812. The van der Waals surface area contributed by atoms with E-state index in [1.807, 2.05) is 12.4 Å². The third-order valence-electron chi connectivity index (χ3n) is 5.26. The molecule has 2 aromatic carbocycles. The second kappa shape index (κ2) is 6.20. The summed E-state index contributed by atoms with van der Waals surface area (Å²) in [5.74, 6) is 0.812. The fourth-order valence-electron chi connectivity index (χ4n) is 3.19. The fourth-order valence-corrected chi connectivity index (χ4v) is 3.19. The van der Waals surface area contributed by atoms with Crippen LogP contribution in [-0.4, -0.2) is 9.97 Å². The molecule has 1 aromatic heterocycles. The van der Waals surface area contributed by atoms with Gasteiger partial charge in [-0.25, -0.2) is 9.97 Å². The first kappa shape index (κ1) is 16.4. The van der Waals surface area contributed by atoms with Gasteiger partial charge in [0.1, 0.15) is 0 Å². The zero-order valence-corrected chi connectivity index (χ0v) is 15.4. The summed E-state index contributed by atoms with van der Waals surface area (Å²) in [5.41, 5.74) is 11.2. The molecule has 0 aliphatic carbocycles. The van der Waals surface area contributed by atoms with Crippen molar-refractivity contribution in [2.75, 3.05) is 0 Å². The quantitative estimate of drug-likeness (QED) is 0.609. The average molecular weight is 316 g/mol. The molecule has 0 spiro atoms. The molecule has 0 aliphatic rings. The number of hydrogen-bond acceptors (Lipinski definition) is 2. The normalized spacial score (nSPS) is 10.9. The van der Waals surface area contributed by atoms with Crippen LogP contribution in [0.5, 0.6) is 0 Å². The van der Waals surface area contributed by atoms with Gasteiger partial charge in [0.15, 0.2) is 5.82 Å². The molecule has 3 aromatic rings. The van der Waals surface area contributed by atoms with Crippen LogP contribution >= 0.6 is 0 Å². The highest BCUT2D eigenvalue weighted by Gasteiger charge is 2.15. The van der Waals surface area contributed by atoms with Crippen LogP contribution in [0.2, 0.25) is 0 Å². The van der Waals surface area contributed by atoms with Gasteiger partial charge in [-0.1, -0.05) is 29.8 Å². The van der Waals surface area contributed by atoms with E-state index in [0.29, 0.717) is 0 Å². The average Bonchev–Trinajstić information content (AvgIpc) is 2.60. The lowest BCUT2D eigenvalue weighted by atomic mass is 9.89. The molecule has 3 rings (SSSR count). The molecule has 1 heterocycles. The topological polar surface area (TPSA) is 25.8 Å². The first-order chi connectivity index (χ1) is 11.4. The molecular weight excluding hydrogens is 292 g/mol. The lowest BCUT2D eigenvalue weighted by Gasteiger charge is -2.17. The molecule has 122 valence electrons. The van der Waals surface area contributed by atoms with Gasteiger partial charge in [0, 0.05) is 23.5 Å². The van der Waals surface area contributed by atoms with Gasteiger partial charge in [0.25, 0.3) is 0 Å². The Bertz CT molecular complexity index is 860. The molecule has 0 saturated carbocycles. The second-order valence-corrected chi connectivity index (χ2v) is 6.66. The van der Waals surface area contributed by atoms with Crippen LogP contribution in [0.3, 0.4) is 0 Å². The largest absolute Gasteiger partial charge is 0.236 e. The summed E-state index contributed by atoms with van der Waals surface area (Å²) >= 11 is 0. The summed E-state index contributed by atoms with van der Waals surface area (Å²) in [5, 5.41) is 0. The number of benzene rings is 2. The van der Waals surface area contributed by atoms with E-state index in [0.717, 1.165) is 17.0 Å².